The molecule has 0 aliphatic carbocycles. The number of fused-ring (bicyclic) bond motifs is 2. The number of rotatable bonds is 4. The van der Waals surface area contributed by atoms with Crippen molar-refractivity contribution in [1.82, 2.24) is 19.8 Å². The van der Waals surface area contributed by atoms with Gasteiger partial charge >= 0.3 is 0 Å². The summed E-state index contributed by atoms with van der Waals surface area (Å²) in [5.74, 6) is 1.30. The number of benzene rings is 1. The lowest BCUT2D eigenvalue weighted by molar-refractivity contribution is 0.260. The van der Waals surface area contributed by atoms with E-state index < -0.39 is 10.0 Å². The lowest BCUT2D eigenvalue weighted by Gasteiger charge is -2.35. The quantitative estimate of drug-likeness (QED) is 0.475. The van der Waals surface area contributed by atoms with Crippen molar-refractivity contribution in [1.29, 1.82) is 5.41 Å². The smallest absolute Gasteiger partial charge is 0.251 e. The van der Waals surface area contributed by atoms with Gasteiger partial charge in [0.25, 0.3) is 10.0 Å². The van der Waals surface area contributed by atoms with Crippen molar-refractivity contribution in [3.63, 3.8) is 0 Å². The summed E-state index contributed by atoms with van der Waals surface area (Å²) < 4.78 is 25.8. The standard InChI is InChI=1S/C18H21N7O2S2/c1-29(26,27)22-12-24-6-8-25(9-7-24)16(19)11-13-2-3-15-14(10-13)23-17-18(28-15)21-5-4-20-17/h2-5,10,12,19H,6-9,11H2,1H3,(H,20,23)/b19-16?,22-12+. The molecule has 2 N–H and O–H groups in total. The Bertz CT molecular complexity index is 1060. The van der Waals surface area contributed by atoms with Crippen LogP contribution in [0.5, 0.6) is 0 Å². The van der Waals surface area contributed by atoms with Gasteiger partial charge in [0.2, 0.25) is 0 Å². The number of hydrogen-bond acceptors (Lipinski definition) is 7. The molecule has 2 aliphatic rings. The van der Waals surface area contributed by atoms with Crippen molar-refractivity contribution in [3.05, 3.63) is 36.2 Å². The predicted molar refractivity (Wildman–Crippen MR) is 114 cm³/mol. The van der Waals surface area contributed by atoms with Crippen molar-refractivity contribution in [2.75, 3.05) is 37.8 Å². The number of nitrogens with one attached hydrogen (secondary N) is 2. The number of piperazine rings is 1. The highest BCUT2D eigenvalue weighted by atomic mass is 32.2. The maximum Gasteiger partial charge on any atom is 0.251 e. The van der Waals surface area contributed by atoms with Crippen molar-refractivity contribution in [2.45, 2.75) is 16.3 Å². The summed E-state index contributed by atoms with van der Waals surface area (Å²) in [6.07, 6.45) is 6.33. The van der Waals surface area contributed by atoms with Gasteiger partial charge in [0.05, 0.1) is 11.9 Å². The van der Waals surface area contributed by atoms with Crippen molar-refractivity contribution < 1.29 is 8.42 Å². The minimum absolute atomic E-state index is 0.532. The minimum Gasteiger partial charge on any atom is -0.358 e. The summed E-state index contributed by atoms with van der Waals surface area (Å²) >= 11 is 1.58. The van der Waals surface area contributed by atoms with E-state index in [0.717, 1.165) is 33.2 Å². The van der Waals surface area contributed by atoms with Crippen LogP contribution < -0.4 is 5.32 Å². The number of nitrogens with zero attached hydrogens (tertiary/aromatic N) is 5. The first-order chi connectivity index (χ1) is 13.9. The Morgan fingerprint density at radius 3 is 2.79 bits per heavy atom. The molecule has 29 heavy (non-hydrogen) atoms. The Labute approximate surface area is 173 Å². The first-order valence-corrected chi connectivity index (χ1v) is 11.7. The number of aromatic nitrogens is 2. The molecular formula is C18H21N7O2S2. The van der Waals surface area contributed by atoms with E-state index in [1.807, 2.05) is 21.9 Å². The van der Waals surface area contributed by atoms with Crippen LogP contribution in [-0.4, -0.2) is 72.8 Å². The number of anilines is 2. The summed E-state index contributed by atoms with van der Waals surface area (Å²) in [6.45, 7) is 2.60. The molecule has 1 aromatic heterocycles. The highest BCUT2D eigenvalue weighted by molar-refractivity contribution is 7.99. The zero-order valence-corrected chi connectivity index (χ0v) is 17.5. The Balaban J connectivity index is 1.36. The molecule has 3 heterocycles. The van der Waals surface area contributed by atoms with E-state index in [0.29, 0.717) is 38.4 Å². The monoisotopic (exact) mass is 431 g/mol. The van der Waals surface area contributed by atoms with Gasteiger partial charge in [-0.05, 0) is 17.7 Å². The van der Waals surface area contributed by atoms with E-state index in [4.69, 9.17) is 5.41 Å². The van der Waals surface area contributed by atoms with Gasteiger partial charge in [-0.2, -0.15) is 4.40 Å². The van der Waals surface area contributed by atoms with Crippen LogP contribution in [-0.2, 0) is 16.4 Å². The van der Waals surface area contributed by atoms with E-state index in [1.165, 1.54) is 6.34 Å². The van der Waals surface area contributed by atoms with Crippen molar-refractivity contribution >= 4 is 45.5 Å². The van der Waals surface area contributed by atoms with E-state index in [9.17, 15) is 8.42 Å². The van der Waals surface area contributed by atoms with Crippen LogP contribution in [0.25, 0.3) is 0 Å². The first kappa shape index (κ1) is 19.6. The Morgan fingerprint density at radius 1 is 1.28 bits per heavy atom. The highest BCUT2D eigenvalue weighted by Gasteiger charge is 2.20. The fourth-order valence-electron chi connectivity index (χ4n) is 3.16. The molecule has 0 radical (unpaired) electrons. The second kappa shape index (κ2) is 7.99. The summed E-state index contributed by atoms with van der Waals surface area (Å²) in [5.41, 5.74) is 2.03. The van der Waals surface area contributed by atoms with E-state index >= 15 is 0 Å². The van der Waals surface area contributed by atoms with E-state index in [2.05, 4.69) is 25.7 Å². The van der Waals surface area contributed by atoms with Gasteiger partial charge in [-0.1, -0.05) is 17.8 Å². The van der Waals surface area contributed by atoms with Gasteiger partial charge in [-0.25, -0.2) is 18.4 Å². The third-order valence-electron chi connectivity index (χ3n) is 4.64. The zero-order valence-electron chi connectivity index (χ0n) is 15.9. The lowest BCUT2D eigenvalue weighted by atomic mass is 10.1. The van der Waals surface area contributed by atoms with Crippen LogP contribution in [0.15, 0.2) is 44.9 Å². The maximum atomic E-state index is 11.1. The number of sulfonamides is 1. The molecule has 0 spiro atoms. The van der Waals surface area contributed by atoms with Gasteiger partial charge < -0.3 is 15.1 Å². The van der Waals surface area contributed by atoms with E-state index in [-0.39, 0.29) is 0 Å². The van der Waals surface area contributed by atoms with Gasteiger partial charge in [-0.15, -0.1) is 0 Å². The van der Waals surface area contributed by atoms with Crippen LogP contribution in [0, 0.1) is 5.41 Å². The largest absolute Gasteiger partial charge is 0.358 e. The SMILES string of the molecule is CS(=O)(=O)/N=C/N1CCN(C(=N)Cc2ccc3c(c2)Nc2nccnc2S3)CC1. The zero-order chi connectivity index (χ0) is 20.4. The summed E-state index contributed by atoms with van der Waals surface area (Å²) in [5, 5.41) is 12.7. The third-order valence-corrected chi connectivity index (χ3v) is 6.18. The minimum atomic E-state index is -3.36. The molecule has 11 heteroatoms. The molecule has 2 aliphatic heterocycles. The topological polar surface area (TPSA) is 115 Å². The summed E-state index contributed by atoms with van der Waals surface area (Å²) in [7, 11) is -3.36. The molecule has 9 nitrogen and oxygen atoms in total. The van der Waals surface area contributed by atoms with Crippen LogP contribution in [0.1, 0.15) is 5.56 Å². The second-order valence-electron chi connectivity index (χ2n) is 6.87. The second-order valence-corrected chi connectivity index (χ2v) is 9.58. The molecule has 1 fully saturated rings. The molecule has 1 aromatic carbocycles. The normalized spacial score (nSPS) is 16.3. The van der Waals surface area contributed by atoms with Gasteiger partial charge in [0, 0.05) is 49.9 Å². The fourth-order valence-corrected chi connectivity index (χ4v) is 4.34. The van der Waals surface area contributed by atoms with Crippen LogP contribution >= 0.6 is 11.8 Å². The number of amidine groups is 1. The Hall–Kier alpha value is -2.66. The molecule has 0 amide bonds. The predicted octanol–water partition coefficient (Wildman–Crippen LogP) is 1.81. The van der Waals surface area contributed by atoms with Gasteiger partial charge in [-0.3, -0.25) is 5.41 Å². The van der Waals surface area contributed by atoms with Crippen molar-refractivity contribution in [3.8, 4) is 0 Å². The molecular weight excluding hydrogens is 410 g/mol. The Kier molecular flexibility index (Phi) is 5.41. The average molecular weight is 432 g/mol. The maximum absolute atomic E-state index is 11.1. The lowest BCUT2D eigenvalue weighted by Crippen LogP contribution is -2.48. The fraction of sp³-hybridized carbons (Fsp3) is 0.333. The van der Waals surface area contributed by atoms with Gasteiger partial charge in [0.1, 0.15) is 17.2 Å². The molecule has 1 saturated heterocycles. The first-order valence-electron chi connectivity index (χ1n) is 9.08. The van der Waals surface area contributed by atoms with Gasteiger partial charge in [0.15, 0.2) is 5.82 Å². The molecule has 0 saturated carbocycles. The van der Waals surface area contributed by atoms with Crippen LogP contribution in [0.4, 0.5) is 11.5 Å². The number of hydrogen-bond donors (Lipinski definition) is 2. The summed E-state index contributed by atoms with van der Waals surface area (Å²) in [6, 6.07) is 6.15. The molecule has 2 aromatic rings. The Morgan fingerprint density at radius 2 is 2.03 bits per heavy atom. The third kappa shape index (κ3) is 4.85. The highest BCUT2D eigenvalue weighted by Crippen LogP contribution is 2.42. The molecule has 0 unspecified atom stereocenters. The van der Waals surface area contributed by atoms with Crippen molar-refractivity contribution in [2.24, 2.45) is 4.40 Å². The average Bonchev–Trinajstić information content (AvgIpc) is 2.70. The van der Waals surface area contributed by atoms with E-state index in [1.54, 1.807) is 24.2 Å². The molecule has 0 bridgehead atoms. The summed E-state index contributed by atoms with van der Waals surface area (Å²) in [4.78, 5) is 13.6. The van der Waals surface area contributed by atoms with Crippen LogP contribution in [0.3, 0.4) is 0 Å². The molecule has 152 valence electrons. The van der Waals surface area contributed by atoms with Crippen LogP contribution in [0.2, 0.25) is 0 Å². The molecule has 4 rings (SSSR count). The molecule has 0 atom stereocenters.